The van der Waals surface area contributed by atoms with Crippen LogP contribution < -0.4 is 0 Å². The maximum Gasteiger partial charge on any atom is 0.0471 e. The van der Waals surface area contributed by atoms with Crippen LogP contribution in [0.1, 0.15) is 70.4 Å². The second-order valence-electron chi connectivity index (χ2n) is 6.20. The van der Waals surface area contributed by atoms with E-state index in [0.29, 0.717) is 0 Å². The van der Waals surface area contributed by atoms with E-state index in [1.807, 2.05) is 0 Å². The van der Waals surface area contributed by atoms with Gasteiger partial charge in [-0.15, -0.1) is 0 Å². The van der Waals surface area contributed by atoms with E-state index in [-0.39, 0.29) is 0 Å². The molecule has 0 bridgehead atoms. The van der Waals surface area contributed by atoms with E-state index in [0.717, 1.165) is 37.4 Å². The van der Waals surface area contributed by atoms with Gasteiger partial charge in [-0.1, -0.05) is 63.7 Å². The van der Waals surface area contributed by atoms with Gasteiger partial charge in [0.15, 0.2) is 0 Å². The van der Waals surface area contributed by atoms with Crippen LogP contribution in [0.25, 0.3) is 5.57 Å². The van der Waals surface area contributed by atoms with Crippen LogP contribution in [0.5, 0.6) is 0 Å². The Morgan fingerprint density at radius 1 is 1.22 bits per heavy atom. The van der Waals surface area contributed by atoms with Crippen molar-refractivity contribution in [1.82, 2.24) is 0 Å². The van der Waals surface area contributed by atoms with Crippen molar-refractivity contribution in [2.45, 2.75) is 59.3 Å². The van der Waals surface area contributed by atoms with E-state index < -0.39 is 0 Å². The molecule has 0 saturated heterocycles. The van der Waals surface area contributed by atoms with Crippen LogP contribution in [-0.4, -0.2) is 13.7 Å². The van der Waals surface area contributed by atoms with Crippen LogP contribution in [-0.2, 0) is 4.74 Å². The van der Waals surface area contributed by atoms with Crippen molar-refractivity contribution >= 4 is 5.57 Å². The van der Waals surface area contributed by atoms with E-state index in [1.54, 1.807) is 7.11 Å². The van der Waals surface area contributed by atoms with Gasteiger partial charge < -0.3 is 4.74 Å². The van der Waals surface area contributed by atoms with Crippen LogP contribution >= 0.6 is 0 Å². The molecule has 1 rings (SSSR count). The minimum Gasteiger partial charge on any atom is -0.385 e. The third-order valence-electron chi connectivity index (χ3n) is 4.12. The number of unbranched alkanes of at least 4 members (excludes halogenated alkanes) is 1. The molecule has 1 nitrogen and oxygen atoms in total. The highest BCUT2D eigenvalue weighted by atomic mass is 16.5. The molecule has 0 aliphatic rings. The molecular weight excluding hydrogens is 280 g/mol. The van der Waals surface area contributed by atoms with Crippen LogP contribution in [0, 0.1) is 17.8 Å². The molecule has 0 saturated carbocycles. The zero-order valence-electron chi connectivity index (χ0n) is 15.3. The molecule has 0 spiro atoms. The van der Waals surface area contributed by atoms with Crippen LogP contribution in [0.3, 0.4) is 0 Å². The number of rotatable bonds is 9. The average molecular weight is 312 g/mol. The summed E-state index contributed by atoms with van der Waals surface area (Å²) in [6.45, 7) is 7.62. The lowest BCUT2D eigenvalue weighted by atomic mass is 9.96. The second kappa shape index (κ2) is 12.0. The quantitative estimate of drug-likeness (QED) is 0.396. The molecule has 0 heterocycles. The fraction of sp³-hybridized carbons (Fsp3) is 0.545. The highest BCUT2D eigenvalue weighted by molar-refractivity contribution is 5.66. The lowest BCUT2D eigenvalue weighted by Gasteiger charge is -2.10. The second-order valence-corrected chi connectivity index (χ2v) is 6.20. The minimum atomic E-state index is 0.763. The standard InChI is InChI=1S/C22H32O/c1-5-10-21(15-12-19(3)6-2)22-16-13-20(14-17-22)11-8-7-9-18-23-4/h13-17,19H,5-7,9-10,12,18H2,1-4H3/b21-15+/t19-/m1/s1. The maximum absolute atomic E-state index is 5.03. The Kier molecular flexibility index (Phi) is 10.2. The molecule has 0 aliphatic heterocycles. The van der Waals surface area contributed by atoms with Crippen molar-refractivity contribution in [3.05, 3.63) is 41.5 Å². The van der Waals surface area contributed by atoms with E-state index >= 15 is 0 Å². The molecule has 1 aromatic carbocycles. The van der Waals surface area contributed by atoms with E-state index in [1.165, 1.54) is 30.4 Å². The highest BCUT2D eigenvalue weighted by Crippen LogP contribution is 2.23. The summed E-state index contributed by atoms with van der Waals surface area (Å²) < 4.78 is 5.03. The molecule has 0 N–H and O–H groups in total. The first-order valence-electron chi connectivity index (χ1n) is 8.98. The molecule has 0 amide bonds. The summed E-state index contributed by atoms with van der Waals surface area (Å²) in [7, 11) is 1.73. The van der Waals surface area contributed by atoms with Gasteiger partial charge in [-0.05, 0) is 48.4 Å². The summed E-state index contributed by atoms with van der Waals surface area (Å²) in [5, 5.41) is 0. The maximum atomic E-state index is 5.03. The van der Waals surface area contributed by atoms with Crippen molar-refractivity contribution in [2.75, 3.05) is 13.7 Å². The van der Waals surface area contributed by atoms with Crippen molar-refractivity contribution in [2.24, 2.45) is 5.92 Å². The minimum absolute atomic E-state index is 0.763. The van der Waals surface area contributed by atoms with Crippen molar-refractivity contribution < 1.29 is 4.74 Å². The average Bonchev–Trinajstić information content (AvgIpc) is 2.58. The summed E-state index contributed by atoms with van der Waals surface area (Å²) in [5.74, 6) is 7.21. The molecule has 126 valence electrons. The summed E-state index contributed by atoms with van der Waals surface area (Å²) in [6, 6.07) is 8.73. The molecular formula is C22H32O. The molecule has 0 fully saturated rings. The Morgan fingerprint density at radius 3 is 2.57 bits per heavy atom. The van der Waals surface area contributed by atoms with Crippen LogP contribution in [0.2, 0.25) is 0 Å². The number of ether oxygens (including phenoxy) is 1. The number of allylic oxidation sites excluding steroid dienone is 2. The molecule has 1 heteroatoms. The van der Waals surface area contributed by atoms with E-state index in [2.05, 4.69) is 63.0 Å². The Labute approximate surface area is 143 Å². The number of hydrogen-bond donors (Lipinski definition) is 0. The Bertz CT molecular complexity index is 513. The van der Waals surface area contributed by atoms with Crippen LogP contribution in [0.4, 0.5) is 0 Å². The zero-order chi connectivity index (χ0) is 16.9. The van der Waals surface area contributed by atoms with Crippen molar-refractivity contribution in [3.8, 4) is 11.8 Å². The first-order chi connectivity index (χ1) is 11.2. The third kappa shape index (κ3) is 8.05. The third-order valence-corrected chi connectivity index (χ3v) is 4.12. The van der Waals surface area contributed by atoms with Gasteiger partial charge >= 0.3 is 0 Å². The van der Waals surface area contributed by atoms with Gasteiger partial charge in [0, 0.05) is 25.7 Å². The fourth-order valence-electron chi connectivity index (χ4n) is 2.38. The highest BCUT2D eigenvalue weighted by Gasteiger charge is 2.02. The Morgan fingerprint density at radius 2 is 1.96 bits per heavy atom. The van der Waals surface area contributed by atoms with E-state index in [9.17, 15) is 0 Å². The summed E-state index contributed by atoms with van der Waals surface area (Å²) in [5.41, 5.74) is 3.93. The van der Waals surface area contributed by atoms with Gasteiger partial charge in [-0.25, -0.2) is 0 Å². The van der Waals surface area contributed by atoms with Crippen LogP contribution in [0.15, 0.2) is 30.3 Å². The lowest BCUT2D eigenvalue weighted by molar-refractivity contribution is 0.196. The lowest BCUT2D eigenvalue weighted by Crippen LogP contribution is -1.91. The molecule has 1 atom stereocenters. The molecule has 0 aromatic heterocycles. The predicted molar refractivity (Wildman–Crippen MR) is 101 cm³/mol. The predicted octanol–water partition coefficient (Wildman–Crippen LogP) is 6.08. The van der Waals surface area contributed by atoms with Gasteiger partial charge in [0.2, 0.25) is 0 Å². The first-order valence-corrected chi connectivity index (χ1v) is 8.98. The monoisotopic (exact) mass is 312 g/mol. The largest absolute Gasteiger partial charge is 0.385 e. The SMILES string of the molecule is CCC/C(=C\C[C@H](C)CC)c1ccc(C#CCCCOC)cc1. The zero-order valence-corrected chi connectivity index (χ0v) is 15.3. The molecule has 0 aliphatic carbocycles. The molecule has 0 unspecified atom stereocenters. The fourth-order valence-corrected chi connectivity index (χ4v) is 2.38. The van der Waals surface area contributed by atoms with Gasteiger partial charge in [-0.2, -0.15) is 0 Å². The van der Waals surface area contributed by atoms with Crippen molar-refractivity contribution in [3.63, 3.8) is 0 Å². The van der Waals surface area contributed by atoms with Gasteiger partial charge in [0.1, 0.15) is 0 Å². The summed E-state index contributed by atoms with van der Waals surface area (Å²) >= 11 is 0. The van der Waals surface area contributed by atoms with Gasteiger partial charge in [0.25, 0.3) is 0 Å². The van der Waals surface area contributed by atoms with Crippen molar-refractivity contribution in [1.29, 1.82) is 0 Å². The smallest absolute Gasteiger partial charge is 0.0471 e. The molecule has 0 radical (unpaired) electrons. The first kappa shape index (κ1) is 19.5. The molecule has 1 aromatic rings. The van der Waals surface area contributed by atoms with E-state index in [4.69, 9.17) is 4.74 Å². The number of methoxy groups -OCH3 is 1. The summed E-state index contributed by atoms with van der Waals surface area (Å²) in [4.78, 5) is 0. The van der Waals surface area contributed by atoms with Gasteiger partial charge in [0.05, 0.1) is 0 Å². The molecule has 23 heavy (non-hydrogen) atoms. The van der Waals surface area contributed by atoms with Gasteiger partial charge in [-0.3, -0.25) is 0 Å². The topological polar surface area (TPSA) is 9.23 Å². The number of benzene rings is 1. The normalized spacial score (nSPS) is 12.6. The Hall–Kier alpha value is -1.52. The summed E-state index contributed by atoms with van der Waals surface area (Å²) in [6.07, 6.45) is 9.08. The Balaban J connectivity index is 2.71. The number of hydrogen-bond acceptors (Lipinski definition) is 1.